The van der Waals surface area contributed by atoms with Crippen molar-refractivity contribution in [1.82, 2.24) is 0 Å². The van der Waals surface area contributed by atoms with Gasteiger partial charge in [-0.05, 0) is 89.3 Å². The molecule has 6 aromatic carbocycles. The second-order valence-corrected chi connectivity index (χ2v) is 13.5. The predicted octanol–water partition coefficient (Wildman–Crippen LogP) is 8.63. The van der Waals surface area contributed by atoms with E-state index >= 15 is 0 Å². The first-order chi connectivity index (χ1) is 25.1. The summed E-state index contributed by atoms with van der Waals surface area (Å²) in [5.41, 5.74) is 4.33. The summed E-state index contributed by atoms with van der Waals surface area (Å²) in [6.45, 7) is 0. The average Bonchev–Trinajstić information content (AvgIpc) is 3.20. The number of aliphatic hydroxyl groups is 1. The maximum absolute atomic E-state index is 13.3. The summed E-state index contributed by atoms with van der Waals surface area (Å²) < 4.78 is 24.2. The van der Waals surface area contributed by atoms with E-state index in [1.165, 1.54) is 0 Å². The van der Waals surface area contributed by atoms with Gasteiger partial charge in [-0.2, -0.15) is 0 Å². The summed E-state index contributed by atoms with van der Waals surface area (Å²) in [6, 6.07) is 40.1. The first-order valence-electron chi connectivity index (χ1n) is 17.2. The number of nitrogens with zero attached hydrogens (tertiary/aromatic N) is 2. The minimum absolute atomic E-state index is 0.641. The minimum atomic E-state index is -1.59. The number of methoxy groups -OCH3 is 3. The van der Waals surface area contributed by atoms with Crippen molar-refractivity contribution in [3.05, 3.63) is 161 Å². The number of ether oxygens (including phenoxy) is 4. The van der Waals surface area contributed by atoms with Crippen molar-refractivity contribution >= 4 is 28.2 Å². The summed E-state index contributed by atoms with van der Waals surface area (Å²) in [5, 5.41) is 15.1. The van der Waals surface area contributed by atoms with Gasteiger partial charge in [0.1, 0.15) is 28.6 Å². The van der Waals surface area contributed by atoms with Gasteiger partial charge in [0.25, 0.3) is 0 Å². The van der Waals surface area contributed by atoms with Crippen LogP contribution in [0.15, 0.2) is 127 Å². The highest BCUT2D eigenvalue weighted by molar-refractivity contribution is 5.96. The Labute approximate surface area is 305 Å². The molecule has 1 aliphatic rings. The highest BCUT2D eigenvalue weighted by Crippen LogP contribution is 2.51. The number of rotatable bonds is 10. The third-order valence-corrected chi connectivity index (χ3v) is 10.1. The first-order valence-corrected chi connectivity index (χ1v) is 17.2. The molecule has 0 radical (unpaired) electrons. The zero-order chi connectivity index (χ0) is 36.6. The van der Waals surface area contributed by atoms with Crippen LogP contribution in [0, 0.1) is 0 Å². The molecular weight excluding hydrogens is 649 g/mol. The van der Waals surface area contributed by atoms with E-state index in [9.17, 15) is 5.11 Å². The van der Waals surface area contributed by atoms with Crippen LogP contribution in [-0.2, 0) is 11.2 Å². The molecule has 1 heterocycles. The molecule has 0 atom stereocenters. The summed E-state index contributed by atoms with van der Waals surface area (Å²) in [5.74, 6) is 2.74. The van der Waals surface area contributed by atoms with Crippen LogP contribution in [0.25, 0.3) is 16.8 Å². The largest absolute Gasteiger partial charge is 0.497 e. The average molecular weight is 693 g/mol. The Kier molecular flexibility index (Phi) is 9.07. The van der Waals surface area contributed by atoms with Crippen LogP contribution in [0.2, 0.25) is 0 Å². The van der Waals surface area contributed by atoms with Crippen molar-refractivity contribution < 1.29 is 24.1 Å². The summed E-state index contributed by atoms with van der Waals surface area (Å²) in [6.07, 6.45) is 4.22. The van der Waals surface area contributed by atoms with Gasteiger partial charge < -0.3 is 33.9 Å². The number of hydrogen-bond acceptors (Lipinski definition) is 7. The lowest BCUT2D eigenvalue weighted by atomic mass is 9.75. The normalized spacial score (nSPS) is 13.2. The lowest BCUT2D eigenvalue weighted by Gasteiger charge is -2.39. The molecule has 7 rings (SSSR count). The molecule has 0 aromatic heterocycles. The number of fused-ring (bicyclic) bond motifs is 3. The third kappa shape index (κ3) is 5.87. The number of benzene rings is 6. The molecule has 52 heavy (non-hydrogen) atoms. The zero-order valence-corrected chi connectivity index (χ0v) is 30.7. The van der Waals surface area contributed by atoms with Gasteiger partial charge in [-0.1, -0.05) is 60.7 Å². The molecule has 0 spiro atoms. The van der Waals surface area contributed by atoms with Crippen LogP contribution in [0.3, 0.4) is 0 Å². The monoisotopic (exact) mass is 692 g/mol. The Morgan fingerprint density at radius 1 is 0.577 bits per heavy atom. The highest BCUT2D eigenvalue weighted by atomic mass is 16.5. The molecule has 0 amide bonds. The molecule has 1 aliphatic heterocycles. The topological polar surface area (TPSA) is 63.6 Å². The quantitative estimate of drug-likeness (QED) is 0.144. The molecule has 1 N–H and O–H groups in total. The van der Waals surface area contributed by atoms with Crippen molar-refractivity contribution in [1.29, 1.82) is 0 Å². The van der Waals surface area contributed by atoms with Crippen molar-refractivity contribution in [2.75, 3.05) is 59.3 Å². The second kappa shape index (κ2) is 13.7. The van der Waals surface area contributed by atoms with E-state index in [-0.39, 0.29) is 0 Å². The fourth-order valence-corrected chi connectivity index (χ4v) is 7.09. The smallest absolute Gasteiger partial charge is 0.178 e. The van der Waals surface area contributed by atoms with E-state index in [2.05, 4.69) is 76.5 Å². The van der Waals surface area contributed by atoms with Gasteiger partial charge in [-0.25, -0.2) is 0 Å². The van der Waals surface area contributed by atoms with Gasteiger partial charge in [0.05, 0.1) is 21.3 Å². The lowest BCUT2D eigenvalue weighted by Crippen LogP contribution is -2.36. The fraction of sp³-hybridized carbons (Fsp3) is 0.200. The molecule has 0 unspecified atom stereocenters. The Balaban J connectivity index is 1.53. The molecule has 6 aromatic rings. The zero-order valence-electron chi connectivity index (χ0n) is 30.7. The Morgan fingerprint density at radius 2 is 1.04 bits per heavy atom. The molecule has 0 saturated heterocycles. The molecule has 7 heteroatoms. The Morgan fingerprint density at radius 3 is 1.48 bits per heavy atom. The summed E-state index contributed by atoms with van der Waals surface area (Å²) in [7, 11) is 13.1. The van der Waals surface area contributed by atoms with Crippen molar-refractivity contribution in [3.8, 4) is 23.0 Å². The van der Waals surface area contributed by atoms with Gasteiger partial charge in [-0.3, -0.25) is 0 Å². The molecule has 0 bridgehead atoms. The van der Waals surface area contributed by atoms with Gasteiger partial charge in [0, 0.05) is 67.2 Å². The van der Waals surface area contributed by atoms with Gasteiger partial charge in [0.2, 0.25) is 0 Å². The SMILES string of the molecule is COc1ccc(C(O)(c2ccc(OC)cc2)c2cc3ccc(OC)cc3c3c2C=CC(c2ccc(N(C)C)cc2)(c2ccc(N(C)C)cc2)O3)cc1. The fourth-order valence-electron chi connectivity index (χ4n) is 7.09. The Hall–Kier alpha value is -5.92. The van der Waals surface area contributed by atoms with Crippen molar-refractivity contribution in [2.24, 2.45) is 0 Å². The number of anilines is 2. The van der Waals surface area contributed by atoms with Crippen molar-refractivity contribution in [3.63, 3.8) is 0 Å². The first kappa shape index (κ1) is 34.5. The molecule has 0 aliphatic carbocycles. The van der Waals surface area contributed by atoms with Gasteiger partial charge in [-0.15, -0.1) is 0 Å². The molecule has 7 nitrogen and oxygen atoms in total. The van der Waals surface area contributed by atoms with Crippen LogP contribution in [0.4, 0.5) is 11.4 Å². The molecule has 0 fully saturated rings. The Bertz CT molecular complexity index is 2120. The molecule has 0 saturated carbocycles. The van der Waals surface area contributed by atoms with Crippen LogP contribution in [0.1, 0.15) is 33.4 Å². The maximum Gasteiger partial charge on any atom is 0.178 e. The van der Waals surface area contributed by atoms with E-state index < -0.39 is 11.2 Å². The summed E-state index contributed by atoms with van der Waals surface area (Å²) >= 11 is 0. The van der Waals surface area contributed by atoms with E-state index in [1.807, 2.05) is 94.9 Å². The van der Waals surface area contributed by atoms with Crippen LogP contribution in [0.5, 0.6) is 23.0 Å². The van der Waals surface area contributed by atoms with Crippen LogP contribution >= 0.6 is 0 Å². The van der Waals surface area contributed by atoms with Gasteiger partial charge >= 0.3 is 0 Å². The standard InChI is InChI=1S/C45H44N2O5/c1-46(2)35-17-9-31(10-18-35)44(32-11-19-36(20-12-32)47(3)4)27-26-40-42(28-30-8-21-39(51-7)29-41(30)43(40)52-44)45(48,33-13-22-37(49-5)23-14-33)34-15-24-38(50-6)25-16-34/h8-29,48H,1-7H3. The number of hydrogen-bond donors (Lipinski definition) is 1. The molecule has 264 valence electrons. The third-order valence-electron chi connectivity index (χ3n) is 10.1. The van der Waals surface area contributed by atoms with Gasteiger partial charge in [0.15, 0.2) is 5.60 Å². The minimum Gasteiger partial charge on any atom is -0.497 e. The highest BCUT2D eigenvalue weighted by Gasteiger charge is 2.42. The van der Waals surface area contributed by atoms with Crippen LogP contribution in [-0.4, -0.2) is 54.6 Å². The van der Waals surface area contributed by atoms with E-state index in [1.54, 1.807) is 21.3 Å². The van der Waals surface area contributed by atoms with E-state index in [4.69, 9.17) is 18.9 Å². The lowest BCUT2D eigenvalue weighted by molar-refractivity contribution is 0.123. The van der Waals surface area contributed by atoms with Crippen LogP contribution < -0.4 is 28.7 Å². The van der Waals surface area contributed by atoms with E-state index in [0.29, 0.717) is 39.7 Å². The predicted molar refractivity (Wildman–Crippen MR) is 211 cm³/mol. The molecular formula is C45H44N2O5. The van der Waals surface area contributed by atoms with E-state index in [0.717, 1.165) is 38.8 Å². The second-order valence-electron chi connectivity index (χ2n) is 13.5. The maximum atomic E-state index is 13.3. The van der Waals surface area contributed by atoms with Crippen molar-refractivity contribution in [2.45, 2.75) is 11.2 Å². The summed E-state index contributed by atoms with van der Waals surface area (Å²) in [4.78, 5) is 4.17.